The predicted molar refractivity (Wildman–Crippen MR) is 58.6 cm³/mol. The van der Waals surface area contributed by atoms with Crippen molar-refractivity contribution in [1.29, 1.82) is 0 Å². The van der Waals surface area contributed by atoms with Crippen LogP contribution in [0.3, 0.4) is 0 Å². The number of halogens is 1. The molecule has 16 heavy (non-hydrogen) atoms. The van der Waals surface area contributed by atoms with Gasteiger partial charge in [0, 0.05) is 5.56 Å². The van der Waals surface area contributed by atoms with Gasteiger partial charge in [-0.15, -0.1) is 0 Å². The lowest BCUT2D eigenvalue weighted by molar-refractivity contribution is 0.0269. The average Bonchev–Trinajstić information content (AvgIpc) is 2.58. The van der Waals surface area contributed by atoms with Crippen molar-refractivity contribution in [2.75, 3.05) is 7.11 Å². The third kappa shape index (κ3) is 2.03. The van der Waals surface area contributed by atoms with E-state index in [9.17, 15) is 4.39 Å². The van der Waals surface area contributed by atoms with Gasteiger partial charge in [-0.3, -0.25) is 0 Å². The highest BCUT2D eigenvalue weighted by atomic mass is 19.1. The van der Waals surface area contributed by atoms with Crippen molar-refractivity contribution < 1.29 is 14.0 Å². The number of hydrogen-bond acceptors (Lipinski definition) is 3. The number of fused-ring (bicyclic) bond motifs is 1. The molecule has 0 saturated carbocycles. The minimum absolute atomic E-state index is 0.0155. The van der Waals surface area contributed by atoms with Crippen LogP contribution in [-0.2, 0) is 4.84 Å². The third-order valence-electron chi connectivity index (χ3n) is 2.78. The summed E-state index contributed by atoms with van der Waals surface area (Å²) in [4.78, 5) is 4.95. The molecule has 2 rings (SSSR count). The number of benzene rings is 1. The molecule has 2 atom stereocenters. The van der Waals surface area contributed by atoms with Gasteiger partial charge in [0.05, 0.1) is 13.2 Å². The maximum absolute atomic E-state index is 13.2. The highest BCUT2D eigenvalue weighted by Gasteiger charge is 2.34. The summed E-state index contributed by atoms with van der Waals surface area (Å²) < 4.78 is 18.9. The third-order valence-corrected chi connectivity index (χ3v) is 2.78. The summed E-state index contributed by atoms with van der Waals surface area (Å²) in [6.45, 7) is 2.09. The molecule has 0 fully saturated rings. The fraction of sp³-hybridized carbons (Fsp3) is 0.500. The van der Waals surface area contributed by atoms with Crippen LogP contribution in [0.5, 0.6) is 5.75 Å². The summed E-state index contributed by atoms with van der Waals surface area (Å²) in [5, 5.41) is 0. The molecule has 1 aromatic rings. The van der Waals surface area contributed by atoms with E-state index in [1.165, 1.54) is 12.1 Å². The van der Waals surface area contributed by atoms with E-state index >= 15 is 0 Å². The minimum atomic E-state index is -0.248. The van der Waals surface area contributed by atoms with Gasteiger partial charge in [0.25, 0.3) is 0 Å². The normalized spacial score (nSPS) is 22.9. The van der Waals surface area contributed by atoms with Gasteiger partial charge < -0.3 is 9.57 Å². The molecule has 0 aromatic heterocycles. The molecule has 0 amide bonds. The van der Waals surface area contributed by atoms with Gasteiger partial charge in [0.1, 0.15) is 17.7 Å². The Labute approximate surface area is 94.5 Å². The molecule has 0 spiro atoms. The summed E-state index contributed by atoms with van der Waals surface area (Å²) in [5.41, 5.74) is 3.70. The zero-order chi connectivity index (χ0) is 11.5. The zero-order valence-corrected chi connectivity index (χ0v) is 9.50. The Morgan fingerprint density at radius 3 is 3.00 bits per heavy atom. The molecule has 1 N–H and O–H groups in total. The lowest BCUT2D eigenvalue weighted by Crippen LogP contribution is -2.30. The van der Waals surface area contributed by atoms with Crippen molar-refractivity contribution in [1.82, 2.24) is 5.48 Å². The van der Waals surface area contributed by atoms with E-state index in [4.69, 9.17) is 9.57 Å². The number of nitrogens with one attached hydrogen (secondary N) is 1. The number of hydroxylamine groups is 1. The Hall–Kier alpha value is -1.13. The van der Waals surface area contributed by atoms with Crippen LogP contribution in [0.4, 0.5) is 4.39 Å². The second-order valence-electron chi connectivity index (χ2n) is 3.93. The van der Waals surface area contributed by atoms with E-state index < -0.39 is 0 Å². The van der Waals surface area contributed by atoms with Crippen molar-refractivity contribution in [3.63, 3.8) is 0 Å². The van der Waals surface area contributed by atoms with E-state index in [1.807, 2.05) is 0 Å². The van der Waals surface area contributed by atoms with Gasteiger partial charge in [-0.25, -0.2) is 4.39 Å². The van der Waals surface area contributed by atoms with Crippen LogP contribution in [0.25, 0.3) is 0 Å². The Kier molecular flexibility index (Phi) is 3.41. The topological polar surface area (TPSA) is 30.5 Å². The molecule has 1 aliphatic rings. The monoisotopic (exact) mass is 225 g/mol. The summed E-state index contributed by atoms with van der Waals surface area (Å²) in [6, 6.07) is 4.50. The molecule has 1 aromatic carbocycles. The van der Waals surface area contributed by atoms with Crippen molar-refractivity contribution in [3.8, 4) is 5.75 Å². The van der Waals surface area contributed by atoms with Crippen LogP contribution in [0.2, 0.25) is 0 Å². The summed E-state index contributed by atoms with van der Waals surface area (Å²) in [5.74, 6) is 0.497. The predicted octanol–water partition coefficient (Wildman–Crippen LogP) is 2.58. The van der Waals surface area contributed by atoms with E-state index in [0.29, 0.717) is 0 Å². The number of hydrogen-bond donors (Lipinski definition) is 1. The second kappa shape index (κ2) is 4.80. The molecule has 0 radical (unpaired) electrons. The summed E-state index contributed by atoms with van der Waals surface area (Å²) in [6.07, 6.45) is 1.95. The van der Waals surface area contributed by atoms with Crippen LogP contribution >= 0.6 is 0 Å². The SMILES string of the molecule is CCCC1Oc2ccc(F)cc2C1NOC. The second-order valence-corrected chi connectivity index (χ2v) is 3.93. The van der Waals surface area contributed by atoms with E-state index in [0.717, 1.165) is 24.2 Å². The Bertz CT molecular complexity index is 370. The van der Waals surface area contributed by atoms with Gasteiger partial charge in [0.15, 0.2) is 0 Å². The number of ether oxygens (including phenoxy) is 1. The van der Waals surface area contributed by atoms with Crippen molar-refractivity contribution in [2.45, 2.75) is 31.9 Å². The molecule has 4 heteroatoms. The lowest BCUT2D eigenvalue weighted by atomic mass is 10.0. The molecule has 0 bridgehead atoms. The Balaban J connectivity index is 2.26. The van der Waals surface area contributed by atoms with Crippen LogP contribution in [0, 0.1) is 5.82 Å². The first-order valence-corrected chi connectivity index (χ1v) is 5.51. The van der Waals surface area contributed by atoms with E-state index in [1.54, 1.807) is 13.2 Å². The molecule has 1 aliphatic heterocycles. The highest BCUT2D eigenvalue weighted by molar-refractivity contribution is 5.40. The van der Waals surface area contributed by atoms with E-state index in [2.05, 4.69) is 12.4 Å². The van der Waals surface area contributed by atoms with Crippen molar-refractivity contribution in [2.24, 2.45) is 0 Å². The Morgan fingerprint density at radius 1 is 1.50 bits per heavy atom. The molecule has 1 heterocycles. The molecular formula is C12H16FNO2. The summed E-state index contributed by atoms with van der Waals surface area (Å²) >= 11 is 0. The lowest BCUT2D eigenvalue weighted by Gasteiger charge is -2.18. The van der Waals surface area contributed by atoms with Crippen molar-refractivity contribution >= 4 is 0 Å². The van der Waals surface area contributed by atoms with Crippen LogP contribution in [-0.4, -0.2) is 13.2 Å². The first-order chi connectivity index (χ1) is 7.76. The van der Waals surface area contributed by atoms with Crippen LogP contribution in [0.15, 0.2) is 18.2 Å². The van der Waals surface area contributed by atoms with Gasteiger partial charge in [-0.05, 0) is 24.6 Å². The van der Waals surface area contributed by atoms with Crippen LogP contribution < -0.4 is 10.2 Å². The smallest absolute Gasteiger partial charge is 0.125 e. The van der Waals surface area contributed by atoms with Crippen molar-refractivity contribution in [3.05, 3.63) is 29.6 Å². The maximum atomic E-state index is 13.2. The van der Waals surface area contributed by atoms with Gasteiger partial charge in [-0.1, -0.05) is 13.3 Å². The molecule has 88 valence electrons. The van der Waals surface area contributed by atoms with Gasteiger partial charge in [-0.2, -0.15) is 5.48 Å². The first kappa shape index (κ1) is 11.4. The molecule has 3 nitrogen and oxygen atoms in total. The zero-order valence-electron chi connectivity index (χ0n) is 9.50. The molecule has 0 aliphatic carbocycles. The van der Waals surface area contributed by atoms with E-state index in [-0.39, 0.29) is 18.0 Å². The fourth-order valence-corrected chi connectivity index (χ4v) is 2.08. The fourth-order valence-electron chi connectivity index (χ4n) is 2.08. The average molecular weight is 225 g/mol. The highest BCUT2D eigenvalue weighted by Crippen LogP contribution is 2.38. The quantitative estimate of drug-likeness (QED) is 0.799. The van der Waals surface area contributed by atoms with Gasteiger partial charge >= 0.3 is 0 Å². The summed E-state index contributed by atoms with van der Waals surface area (Å²) in [7, 11) is 1.56. The minimum Gasteiger partial charge on any atom is -0.488 e. The maximum Gasteiger partial charge on any atom is 0.125 e. The standard InChI is InChI=1S/C12H16FNO2/c1-3-4-11-12(14-15-2)9-7-8(13)5-6-10(9)16-11/h5-7,11-12,14H,3-4H2,1-2H3. The first-order valence-electron chi connectivity index (χ1n) is 5.51. The molecule has 0 saturated heterocycles. The van der Waals surface area contributed by atoms with Gasteiger partial charge in [0.2, 0.25) is 0 Å². The Morgan fingerprint density at radius 2 is 2.31 bits per heavy atom. The van der Waals surface area contributed by atoms with Crippen LogP contribution in [0.1, 0.15) is 31.4 Å². The largest absolute Gasteiger partial charge is 0.488 e. The number of rotatable bonds is 4. The molecule has 2 unspecified atom stereocenters. The molecular weight excluding hydrogens is 209 g/mol.